The van der Waals surface area contributed by atoms with E-state index in [9.17, 15) is 9.59 Å². The molecule has 1 N–H and O–H groups in total. The molecule has 1 unspecified atom stereocenters. The highest BCUT2D eigenvalue weighted by molar-refractivity contribution is 8.13. The number of para-hydroxylation sites is 1. The van der Waals surface area contributed by atoms with Crippen molar-refractivity contribution in [1.29, 1.82) is 0 Å². The number of thioether (sulfide) groups is 1. The van der Waals surface area contributed by atoms with E-state index in [0.29, 0.717) is 23.3 Å². The maximum atomic E-state index is 13.5. The monoisotopic (exact) mass is 512 g/mol. The molecule has 2 amide bonds. The summed E-state index contributed by atoms with van der Waals surface area (Å²) in [6.07, 6.45) is -0.0217. The lowest BCUT2D eigenvalue weighted by atomic mass is 10.1. The molecule has 0 bridgehead atoms. The minimum atomic E-state index is -0.788. The van der Waals surface area contributed by atoms with Gasteiger partial charge in [-0.05, 0) is 54.8 Å². The predicted molar refractivity (Wildman–Crippen MR) is 147 cm³/mol. The zero-order valence-corrected chi connectivity index (χ0v) is 21.8. The second-order valence-corrected chi connectivity index (χ2v) is 10.0. The second-order valence-electron chi connectivity index (χ2n) is 9.10. The fourth-order valence-corrected chi connectivity index (χ4v) is 5.45. The van der Waals surface area contributed by atoms with Gasteiger partial charge in [-0.15, -0.1) is 0 Å². The Balaban J connectivity index is 1.31. The number of aliphatic imine (C=N–C) groups is 2. The number of carbonyl (C=O) groups excluding carboxylic acids is 2. The van der Waals surface area contributed by atoms with E-state index in [1.54, 1.807) is 12.0 Å². The number of benzene rings is 3. The van der Waals surface area contributed by atoms with E-state index in [1.165, 1.54) is 28.5 Å². The first kappa shape index (κ1) is 24.8. The first-order chi connectivity index (χ1) is 17.9. The number of carbonyl (C=O) groups is 2. The first-order valence-electron chi connectivity index (χ1n) is 12.1. The van der Waals surface area contributed by atoms with E-state index in [0.717, 1.165) is 22.6 Å². The Bertz CT molecular complexity index is 1410. The molecule has 0 saturated carbocycles. The molecule has 0 aliphatic carbocycles. The second kappa shape index (κ2) is 10.6. The smallest absolute Gasteiger partial charge is 0.259 e. The van der Waals surface area contributed by atoms with E-state index in [1.807, 2.05) is 48.5 Å². The van der Waals surface area contributed by atoms with Crippen molar-refractivity contribution in [1.82, 2.24) is 10.2 Å². The maximum absolute atomic E-state index is 13.5. The summed E-state index contributed by atoms with van der Waals surface area (Å²) in [4.78, 5) is 37.3. The summed E-state index contributed by atoms with van der Waals surface area (Å²) in [5.74, 6) is 1.54. The Morgan fingerprint density at radius 2 is 1.86 bits per heavy atom. The molecule has 5 rings (SSSR count). The molecule has 7 nitrogen and oxygen atoms in total. The molecular formula is C29H28N4O3S. The summed E-state index contributed by atoms with van der Waals surface area (Å²) in [5, 5.41) is 3.48. The summed E-state index contributed by atoms with van der Waals surface area (Å²) in [7, 11) is 1.61. The van der Waals surface area contributed by atoms with Gasteiger partial charge in [-0.25, -0.2) is 9.89 Å². The number of amidine groups is 2. The van der Waals surface area contributed by atoms with Crippen molar-refractivity contribution >= 4 is 40.3 Å². The van der Waals surface area contributed by atoms with Gasteiger partial charge in [0.25, 0.3) is 5.91 Å². The van der Waals surface area contributed by atoms with E-state index in [-0.39, 0.29) is 18.2 Å². The highest BCUT2D eigenvalue weighted by atomic mass is 32.2. The minimum absolute atomic E-state index is 0.0217. The van der Waals surface area contributed by atoms with Gasteiger partial charge in [0.15, 0.2) is 5.17 Å². The van der Waals surface area contributed by atoms with Crippen LogP contribution in [-0.4, -0.2) is 40.9 Å². The molecule has 8 heteroatoms. The van der Waals surface area contributed by atoms with Crippen LogP contribution in [0.25, 0.3) is 0 Å². The molecule has 0 saturated heterocycles. The predicted octanol–water partition coefficient (Wildman–Crippen LogP) is 4.91. The summed E-state index contributed by atoms with van der Waals surface area (Å²) >= 11 is 1.51. The Hall–Kier alpha value is -3.91. The Labute approximate surface area is 220 Å². The number of fused-ring (bicyclic) bond motifs is 3. The normalized spacial score (nSPS) is 16.0. The fraction of sp³-hybridized carbons (Fsp3) is 0.241. The zero-order chi connectivity index (χ0) is 25.9. The van der Waals surface area contributed by atoms with Crippen molar-refractivity contribution in [2.45, 2.75) is 38.6 Å². The lowest BCUT2D eigenvalue weighted by molar-refractivity contribution is -0.128. The van der Waals surface area contributed by atoms with Crippen LogP contribution in [0.15, 0.2) is 76.7 Å². The molecule has 2 aliphatic heterocycles. The largest absolute Gasteiger partial charge is 0.497 e. The van der Waals surface area contributed by atoms with Gasteiger partial charge in [0.1, 0.15) is 17.6 Å². The number of rotatable bonds is 7. The average molecular weight is 513 g/mol. The van der Waals surface area contributed by atoms with Gasteiger partial charge in [0.05, 0.1) is 19.2 Å². The number of nitrogens with one attached hydrogen (secondary N) is 1. The standard InChI is InChI=1S/C29H28N4O3S/c1-18-8-11-21(19(2)14-18)17-37-29-32-24-7-5-4-6-23(24)27-31-25(28(35)33(27)29)15-26(34)30-16-20-9-12-22(36-3)13-10-20/h4-14,25H,15-17H2,1-3H3,(H,30,34). The van der Waals surface area contributed by atoms with E-state index >= 15 is 0 Å². The molecule has 0 spiro atoms. The van der Waals surface area contributed by atoms with Gasteiger partial charge < -0.3 is 10.1 Å². The van der Waals surface area contributed by atoms with Crippen molar-refractivity contribution < 1.29 is 14.3 Å². The first-order valence-corrected chi connectivity index (χ1v) is 13.1. The molecule has 0 radical (unpaired) electrons. The van der Waals surface area contributed by atoms with E-state index in [2.05, 4.69) is 37.4 Å². The Morgan fingerprint density at radius 3 is 2.62 bits per heavy atom. The van der Waals surface area contributed by atoms with Crippen LogP contribution < -0.4 is 10.1 Å². The van der Waals surface area contributed by atoms with Crippen molar-refractivity contribution in [2.75, 3.05) is 7.11 Å². The number of hydrogen-bond acceptors (Lipinski definition) is 6. The molecule has 3 aromatic rings. The molecule has 37 heavy (non-hydrogen) atoms. The molecule has 188 valence electrons. The zero-order valence-electron chi connectivity index (χ0n) is 21.0. The van der Waals surface area contributed by atoms with Crippen LogP contribution in [0.2, 0.25) is 0 Å². The quantitative estimate of drug-likeness (QED) is 0.488. The lowest BCUT2D eigenvalue weighted by Crippen LogP contribution is -2.42. The highest BCUT2D eigenvalue weighted by Gasteiger charge is 2.42. The lowest BCUT2D eigenvalue weighted by Gasteiger charge is -2.25. The third kappa shape index (κ3) is 5.29. The number of amides is 2. The Morgan fingerprint density at radius 1 is 1.08 bits per heavy atom. The Kier molecular flexibility index (Phi) is 7.10. The van der Waals surface area contributed by atoms with Crippen LogP contribution in [0.1, 0.15) is 34.2 Å². The van der Waals surface area contributed by atoms with Gasteiger partial charge in [0.2, 0.25) is 5.91 Å². The molecule has 2 aliphatic rings. The molecule has 2 heterocycles. The summed E-state index contributed by atoms with van der Waals surface area (Å²) in [5.41, 5.74) is 6.13. The maximum Gasteiger partial charge on any atom is 0.259 e. The number of hydrogen-bond donors (Lipinski definition) is 1. The van der Waals surface area contributed by atoms with Crippen LogP contribution >= 0.6 is 11.8 Å². The summed E-state index contributed by atoms with van der Waals surface area (Å²) in [6, 6.07) is 20.7. The molecule has 3 aromatic carbocycles. The van der Waals surface area contributed by atoms with Gasteiger partial charge in [-0.2, -0.15) is 0 Å². The minimum Gasteiger partial charge on any atom is -0.497 e. The molecule has 0 aromatic heterocycles. The topological polar surface area (TPSA) is 83.4 Å². The van der Waals surface area contributed by atoms with Crippen LogP contribution in [-0.2, 0) is 21.9 Å². The number of nitrogens with zero attached hydrogens (tertiary/aromatic N) is 3. The third-order valence-corrected chi connectivity index (χ3v) is 7.42. The highest BCUT2D eigenvalue weighted by Crippen LogP contribution is 2.35. The summed E-state index contributed by atoms with van der Waals surface area (Å²) in [6.45, 7) is 4.53. The van der Waals surface area contributed by atoms with Crippen LogP contribution in [0.4, 0.5) is 5.69 Å². The van der Waals surface area contributed by atoms with E-state index in [4.69, 9.17) is 14.7 Å². The van der Waals surface area contributed by atoms with Crippen molar-refractivity contribution in [3.05, 3.63) is 94.5 Å². The molecular weight excluding hydrogens is 484 g/mol. The van der Waals surface area contributed by atoms with Crippen molar-refractivity contribution in [3.8, 4) is 5.75 Å². The van der Waals surface area contributed by atoms with Gasteiger partial charge in [0, 0.05) is 17.9 Å². The SMILES string of the molecule is COc1ccc(CNC(=O)CC2N=C3c4ccccc4N=C(SCc4ccc(C)cc4C)N3C2=O)cc1. The van der Waals surface area contributed by atoms with E-state index < -0.39 is 6.04 Å². The van der Waals surface area contributed by atoms with Crippen LogP contribution in [0.3, 0.4) is 0 Å². The van der Waals surface area contributed by atoms with Crippen molar-refractivity contribution in [2.24, 2.45) is 9.98 Å². The van der Waals surface area contributed by atoms with Gasteiger partial charge in [-0.1, -0.05) is 59.8 Å². The third-order valence-electron chi connectivity index (χ3n) is 6.43. The molecule has 0 fully saturated rings. The van der Waals surface area contributed by atoms with Crippen LogP contribution in [0, 0.1) is 13.8 Å². The van der Waals surface area contributed by atoms with Crippen LogP contribution in [0.5, 0.6) is 5.75 Å². The fourth-order valence-electron chi connectivity index (χ4n) is 4.37. The number of aryl methyl sites for hydroxylation is 2. The number of ether oxygens (including phenoxy) is 1. The molecule has 1 atom stereocenters. The van der Waals surface area contributed by atoms with Gasteiger partial charge >= 0.3 is 0 Å². The number of methoxy groups -OCH3 is 1. The van der Waals surface area contributed by atoms with Crippen molar-refractivity contribution in [3.63, 3.8) is 0 Å². The summed E-state index contributed by atoms with van der Waals surface area (Å²) < 4.78 is 5.17. The van der Waals surface area contributed by atoms with Gasteiger partial charge in [-0.3, -0.25) is 14.6 Å². The average Bonchev–Trinajstić information content (AvgIpc) is 3.23.